The standard InChI is InChI=1S/C25H26FNO3/c1-29-21-14-10-19(11-15-21)17-24(28)27-16-4-5-18-8-12-20(13-9-18)22-6-3-7-23(30-2)25(22)26/h3,6-15H,4-5,16-17H2,1-2H3,(H,27,28). The molecule has 1 amide bonds. The first-order chi connectivity index (χ1) is 14.6. The summed E-state index contributed by atoms with van der Waals surface area (Å²) in [6.45, 7) is 0.612. The predicted octanol–water partition coefficient (Wildman–Crippen LogP) is 4.80. The summed E-state index contributed by atoms with van der Waals surface area (Å²) in [5.74, 6) is 0.664. The number of rotatable bonds is 9. The first kappa shape index (κ1) is 21.4. The van der Waals surface area contributed by atoms with E-state index in [0.717, 1.165) is 35.3 Å². The highest BCUT2D eigenvalue weighted by Gasteiger charge is 2.10. The quantitative estimate of drug-likeness (QED) is 0.518. The van der Waals surface area contributed by atoms with Crippen LogP contribution in [-0.4, -0.2) is 26.7 Å². The zero-order chi connectivity index (χ0) is 21.3. The second-order valence-corrected chi connectivity index (χ2v) is 7.00. The van der Waals surface area contributed by atoms with Gasteiger partial charge in [0.1, 0.15) is 5.75 Å². The molecular weight excluding hydrogens is 381 g/mol. The summed E-state index contributed by atoms with van der Waals surface area (Å²) in [5.41, 5.74) is 3.43. The fourth-order valence-corrected chi connectivity index (χ4v) is 3.25. The zero-order valence-corrected chi connectivity index (χ0v) is 17.3. The molecule has 30 heavy (non-hydrogen) atoms. The SMILES string of the molecule is COc1ccc(CC(=O)NCCCc2ccc(-c3cccc(OC)c3F)cc2)cc1. The number of amides is 1. The van der Waals surface area contributed by atoms with Crippen molar-refractivity contribution < 1.29 is 18.7 Å². The van der Waals surface area contributed by atoms with Crippen LogP contribution in [0.3, 0.4) is 0 Å². The van der Waals surface area contributed by atoms with E-state index in [-0.39, 0.29) is 17.5 Å². The Morgan fingerprint density at radius 3 is 2.27 bits per heavy atom. The van der Waals surface area contributed by atoms with E-state index in [1.807, 2.05) is 48.5 Å². The molecule has 0 aromatic heterocycles. The molecule has 0 saturated carbocycles. The first-order valence-corrected chi connectivity index (χ1v) is 9.92. The molecule has 5 heteroatoms. The topological polar surface area (TPSA) is 47.6 Å². The van der Waals surface area contributed by atoms with Crippen LogP contribution in [0.5, 0.6) is 11.5 Å². The molecule has 0 heterocycles. The highest BCUT2D eigenvalue weighted by atomic mass is 19.1. The molecule has 3 aromatic carbocycles. The zero-order valence-electron chi connectivity index (χ0n) is 17.3. The van der Waals surface area contributed by atoms with E-state index in [9.17, 15) is 9.18 Å². The van der Waals surface area contributed by atoms with Crippen molar-refractivity contribution in [2.24, 2.45) is 0 Å². The minimum absolute atomic E-state index is 0.00372. The van der Waals surface area contributed by atoms with Gasteiger partial charge in [0.25, 0.3) is 0 Å². The largest absolute Gasteiger partial charge is 0.497 e. The van der Waals surface area contributed by atoms with Crippen LogP contribution in [0.4, 0.5) is 4.39 Å². The summed E-state index contributed by atoms with van der Waals surface area (Å²) in [4.78, 5) is 12.1. The number of nitrogens with one attached hydrogen (secondary N) is 1. The summed E-state index contributed by atoms with van der Waals surface area (Å²) in [6, 6.07) is 20.4. The third-order valence-electron chi connectivity index (χ3n) is 4.94. The molecule has 3 aromatic rings. The Balaban J connectivity index is 1.45. The third-order valence-corrected chi connectivity index (χ3v) is 4.94. The Kier molecular flexibility index (Phi) is 7.44. The molecule has 0 aliphatic heterocycles. The Morgan fingerprint density at radius 2 is 1.60 bits per heavy atom. The lowest BCUT2D eigenvalue weighted by atomic mass is 10.0. The predicted molar refractivity (Wildman–Crippen MR) is 116 cm³/mol. The van der Waals surface area contributed by atoms with Gasteiger partial charge in [0.2, 0.25) is 5.91 Å². The number of methoxy groups -OCH3 is 2. The molecule has 0 saturated heterocycles. The van der Waals surface area contributed by atoms with Crippen molar-refractivity contribution in [1.29, 1.82) is 0 Å². The molecule has 0 radical (unpaired) electrons. The monoisotopic (exact) mass is 407 g/mol. The molecule has 0 aliphatic rings. The average molecular weight is 407 g/mol. The molecule has 0 atom stereocenters. The minimum atomic E-state index is -0.354. The summed E-state index contributed by atoms with van der Waals surface area (Å²) < 4.78 is 24.6. The van der Waals surface area contributed by atoms with Crippen LogP contribution >= 0.6 is 0 Å². The summed E-state index contributed by atoms with van der Waals surface area (Å²) in [7, 11) is 3.08. The number of aryl methyl sites for hydroxylation is 1. The van der Waals surface area contributed by atoms with Gasteiger partial charge >= 0.3 is 0 Å². The second kappa shape index (κ2) is 10.4. The molecule has 0 aliphatic carbocycles. The van der Waals surface area contributed by atoms with Gasteiger partial charge in [-0.3, -0.25) is 4.79 Å². The van der Waals surface area contributed by atoms with E-state index >= 15 is 0 Å². The van der Waals surface area contributed by atoms with Crippen molar-refractivity contribution in [3.63, 3.8) is 0 Å². The average Bonchev–Trinajstić information content (AvgIpc) is 2.78. The molecule has 0 unspecified atom stereocenters. The van der Waals surface area contributed by atoms with Gasteiger partial charge in [-0.1, -0.05) is 48.5 Å². The van der Waals surface area contributed by atoms with Crippen LogP contribution in [0.15, 0.2) is 66.7 Å². The first-order valence-electron chi connectivity index (χ1n) is 9.92. The lowest BCUT2D eigenvalue weighted by molar-refractivity contribution is -0.120. The number of carbonyl (C=O) groups excluding carboxylic acids is 1. The van der Waals surface area contributed by atoms with Crippen LogP contribution in [0.2, 0.25) is 0 Å². The minimum Gasteiger partial charge on any atom is -0.497 e. The van der Waals surface area contributed by atoms with Crippen molar-refractivity contribution in [1.82, 2.24) is 5.32 Å². The van der Waals surface area contributed by atoms with Gasteiger partial charge in [0.05, 0.1) is 20.6 Å². The molecular formula is C25H26FNO3. The van der Waals surface area contributed by atoms with Gasteiger partial charge < -0.3 is 14.8 Å². The number of carbonyl (C=O) groups is 1. The smallest absolute Gasteiger partial charge is 0.224 e. The molecule has 156 valence electrons. The highest BCUT2D eigenvalue weighted by molar-refractivity contribution is 5.78. The van der Waals surface area contributed by atoms with Gasteiger partial charge in [0.15, 0.2) is 11.6 Å². The van der Waals surface area contributed by atoms with Crippen LogP contribution in [0.25, 0.3) is 11.1 Å². The van der Waals surface area contributed by atoms with Crippen molar-refractivity contribution in [2.45, 2.75) is 19.3 Å². The van der Waals surface area contributed by atoms with Crippen LogP contribution in [0.1, 0.15) is 17.5 Å². The lowest BCUT2D eigenvalue weighted by Gasteiger charge is -2.09. The van der Waals surface area contributed by atoms with Crippen LogP contribution in [0, 0.1) is 5.82 Å². The van der Waals surface area contributed by atoms with Gasteiger partial charge in [-0.25, -0.2) is 4.39 Å². The normalized spacial score (nSPS) is 10.5. The molecule has 4 nitrogen and oxygen atoms in total. The fourth-order valence-electron chi connectivity index (χ4n) is 3.25. The van der Waals surface area contributed by atoms with Crippen molar-refractivity contribution in [3.05, 3.63) is 83.7 Å². The van der Waals surface area contributed by atoms with E-state index in [1.165, 1.54) is 7.11 Å². The Labute approximate surface area is 176 Å². The number of halogens is 1. The van der Waals surface area contributed by atoms with Gasteiger partial charge in [-0.15, -0.1) is 0 Å². The second-order valence-electron chi connectivity index (χ2n) is 7.00. The number of benzene rings is 3. The van der Waals surface area contributed by atoms with Gasteiger partial charge in [0, 0.05) is 12.1 Å². The summed E-state index contributed by atoms with van der Waals surface area (Å²) in [5, 5.41) is 2.95. The Hall–Kier alpha value is -3.34. The van der Waals surface area contributed by atoms with Gasteiger partial charge in [-0.05, 0) is 47.7 Å². The van der Waals surface area contributed by atoms with E-state index in [4.69, 9.17) is 9.47 Å². The molecule has 1 N–H and O–H groups in total. The number of ether oxygens (including phenoxy) is 2. The van der Waals surface area contributed by atoms with E-state index in [0.29, 0.717) is 18.5 Å². The van der Waals surface area contributed by atoms with Crippen LogP contribution in [-0.2, 0) is 17.6 Å². The molecule has 3 rings (SSSR count). The Bertz CT molecular complexity index is 969. The highest BCUT2D eigenvalue weighted by Crippen LogP contribution is 2.29. The maximum atomic E-state index is 14.4. The van der Waals surface area contributed by atoms with Crippen molar-refractivity contribution in [2.75, 3.05) is 20.8 Å². The van der Waals surface area contributed by atoms with Crippen LogP contribution < -0.4 is 14.8 Å². The Morgan fingerprint density at radius 1 is 0.900 bits per heavy atom. The maximum Gasteiger partial charge on any atom is 0.224 e. The van der Waals surface area contributed by atoms with Crippen molar-refractivity contribution >= 4 is 5.91 Å². The number of hydrogen-bond acceptors (Lipinski definition) is 3. The maximum absolute atomic E-state index is 14.4. The number of hydrogen-bond donors (Lipinski definition) is 1. The van der Waals surface area contributed by atoms with E-state index in [1.54, 1.807) is 25.3 Å². The lowest BCUT2D eigenvalue weighted by Crippen LogP contribution is -2.26. The fraction of sp³-hybridized carbons (Fsp3) is 0.240. The molecule has 0 fully saturated rings. The van der Waals surface area contributed by atoms with Crippen molar-refractivity contribution in [3.8, 4) is 22.6 Å². The summed E-state index contributed by atoms with van der Waals surface area (Å²) >= 11 is 0. The third kappa shape index (κ3) is 5.60. The molecule has 0 bridgehead atoms. The van der Waals surface area contributed by atoms with Gasteiger partial charge in [-0.2, -0.15) is 0 Å². The summed E-state index contributed by atoms with van der Waals surface area (Å²) in [6.07, 6.45) is 2.02. The van der Waals surface area contributed by atoms with E-state index in [2.05, 4.69) is 5.32 Å². The molecule has 0 spiro atoms. The van der Waals surface area contributed by atoms with E-state index < -0.39 is 0 Å².